The summed E-state index contributed by atoms with van der Waals surface area (Å²) in [5.74, 6) is 5.39. The summed E-state index contributed by atoms with van der Waals surface area (Å²) >= 11 is 0. The van der Waals surface area contributed by atoms with Gasteiger partial charge in [0.05, 0.1) is 42.7 Å². The van der Waals surface area contributed by atoms with E-state index in [0.717, 1.165) is 34.5 Å². The topological polar surface area (TPSA) is 279 Å². The molecule has 0 saturated carbocycles. The maximum atomic E-state index is 10.1. The number of benzene rings is 18. The summed E-state index contributed by atoms with van der Waals surface area (Å²) < 4.78 is 143. The lowest BCUT2D eigenvalue weighted by atomic mass is 10.3. The summed E-state index contributed by atoms with van der Waals surface area (Å²) in [6, 6.07) is 179. The molecule has 0 spiro atoms. The minimum atomic E-state index is -3.63. The van der Waals surface area contributed by atoms with Gasteiger partial charge in [0.1, 0.15) is 34.5 Å². The number of hydrogen-bond donors (Lipinski definition) is 6. The van der Waals surface area contributed by atoms with Gasteiger partial charge in [-0.15, -0.1) is 0 Å². The second-order valence-electron chi connectivity index (χ2n) is 29.7. The van der Waals surface area contributed by atoms with Crippen LogP contribution in [-0.2, 0) is 27.4 Å². The summed E-state index contributed by atoms with van der Waals surface area (Å²) in [4.78, 5) is 41.6. The van der Waals surface area contributed by atoms with Crippen LogP contribution < -0.4 is 124 Å². The van der Waals surface area contributed by atoms with Crippen molar-refractivity contribution < 1.29 is 110 Å². The zero-order valence-corrected chi connectivity index (χ0v) is 93.4. The molecule has 36 heteroatoms. The molecule has 0 amide bonds. The molecule has 18 aromatic carbocycles. The average Bonchev–Trinajstić information content (AvgIpc) is 0.838. The lowest BCUT2D eigenvalue weighted by molar-refractivity contribution is 0.415. The van der Waals surface area contributed by atoms with Crippen molar-refractivity contribution in [3.63, 3.8) is 0 Å². The van der Waals surface area contributed by atoms with Crippen LogP contribution in [0.25, 0.3) is 0 Å². The van der Waals surface area contributed by atoms with Gasteiger partial charge < -0.3 is 57.8 Å². The van der Waals surface area contributed by atoms with E-state index >= 15 is 0 Å². The van der Waals surface area contributed by atoms with Crippen molar-refractivity contribution >= 4 is 193 Å². The van der Waals surface area contributed by atoms with E-state index in [0.29, 0.717) is 0 Å². The first kappa shape index (κ1) is 125. The van der Waals surface area contributed by atoms with Crippen LogP contribution in [0.4, 0.5) is 25.2 Å². The number of rotatable bonds is 24. The lowest BCUT2D eigenvalue weighted by Gasteiger charge is -2.19. The molecule has 0 heterocycles. The Kier molecular flexibility index (Phi) is 61.1. The molecule has 0 aliphatic carbocycles. The van der Waals surface area contributed by atoms with Crippen LogP contribution in [0.3, 0.4) is 0 Å². The third-order valence-corrected chi connectivity index (χ3v) is 34.8. The van der Waals surface area contributed by atoms with Crippen LogP contribution in [-0.4, -0.2) is 72.0 Å². The van der Waals surface area contributed by atoms with E-state index in [1.165, 1.54) is 95.5 Å². The number of ether oxygens (including phenoxy) is 6. The maximum Gasteiger partial charge on any atom is 0.353 e. The molecule has 6 N–H and O–H groups in total. The van der Waals surface area contributed by atoms with Crippen molar-refractivity contribution in [3.8, 4) is 34.5 Å². The molecule has 0 aromatic heterocycles. The van der Waals surface area contributed by atoms with Gasteiger partial charge >= 0.3 is 50.0 Å². The fourth-order valence-electron chi connectivity index (χ4n) is 14.0. The first-order chi connectivity index (χ1) is 72.7. The smallest absolute Gasteiger partial charge is 0.353 e. The molecule has 18 nitrogen and oxygen atoms in total. The normalized spacial score (nSPS) is 11.4. The lowest BCUT2D eigenvalue weighted by Crippen LogP contribution is -2.20. The Balaban J connectivity index is 0.000000233. The molecule has 18 aromatic rings. The molecule has 0 radical (unpaired) electrons. The highest BCUT2D eigenvalue weighted by molar-refractivity contribution is 7.82. The Morgan fingerprint density at radius 1 is 0.133 bits per heavy atom. The molecular weight excluding hydrogens is 2140 g/mol. The molecule has 780 valence electrons. The minimum Gasteiger partial charge on any atom is -0.497 e. The van der Waals surface area contributed by atoms with Crippen LogP contribution in [0.2, 0.25) is 0 Å². The summed E-state index contributed by atoms with van der Waals surface area (Å²) in [6.07, 6.45) is 0. The maximum absolute atomic E-state index is 10.1. The van der Waals surface area contributed by atoms with Crippen LogP contribution >= 0.6 is 97.6 Å². The average molecular weight is 2260 g/mol. The van der Waals surface area contributed by atoms with Crippen molar-refractivity contribution in [2.45, 2.75) is 0 Å². The zero-order chi connectivity index (χ0) is 108. The molecule has 0 aliphatic heterocycles. The number of hydrogen-bond acceptors (Lipinski definition) is 12. The summed E-state index contributed by atoms with van der Waals surface area (Å²) in [5.41, 5.74) is 0. The van der Waals surface area contributed by atoms with Gasteiger partial charge in [-0.1, -0.05) is 437 Å². The van der Waals surface area contributed by atoms with E-state index in [-0.39, 0.29) is 0 Å². The van der Waals surface area contributed by atoms with Crippen molar-refractivity contribution in [2.75, 3.05) is 42.7 Å². The predicted molar refractivity (Wildman–Crippen MR) is 624 cm³/mol. The van der Waals surface area contributed by atoms with Crippen molar-refractivity contribution in [1.82, 2.24) is 0 Å². The van der Waals surface area contributed by atoms with Gasteiger partial charge in [0.25, 0.3) is 0 Å². The third kappa shape index (κ3) is 47.7. The summed E-state index contributed by atoms with van der Waals surface area (Å²) in [7, 11) is -14.7. The SMILES string of the molecule is COc1ccc(P(c2ccccc2)c2ccccc2)cc1.COc1ccc(P(c2ccccc2)c2ccccc2)cc1.COc1ccc(P(c2ccccc2)c2ccccc2)cc1.COc1ccc(P(c2ccccc2)c2ccccc2)cc1.COc1ccc(P(c2ccccc2)c2ccccc2)cc1.COc1ccc(P(c2ccccc2)c2ccccc2)cc1.O=[PH](O)F.O=[PH](O)F.O=[PH](O)F.O=[PH](O)F.O=[PH](O)F.O=[PH](O)F. The molecule has 0 aliphatic rings. The van der Waals surface area contributed by atoms with Crippen LogP contribution in [0.5, 0.6) is 34.5 Å². The van der Waals surface area contributed by atoms with Gasteiger partial charge in [0.2, 0.25) is 0 Å². The van der Waals surface area contributed by atoms with Crippen LogP contribution in [0.15, 0.2) is 510 Å². The molecule has 0 bridgehead atoms. The van der Waals surface area contributed by atoms with E-state index in [1.54, 1.807) is 42.7 Å². The standard InChI is InChI=1S/6C19H17OP.6FH2O2P/c6*1-20-16-12-14-19(15-13-16)21(17-8-4-2-5-9-17)18-10-6-3-7-11-18;6*1-4(2)3/h6*2-15H,1H3;6*4H,(H,2,3). The first-order valence-electron chi connectivity index (χ1n) is 45.3. The third-order valence-electron chi connectivity index (χ3n) is 20.2. The van der Waals surface area contributed by atoms with Crippen molar-refractivity contribution in [1.29, 1.82) is 0 Å². The van der Waals surface area contributed by atoms with Gasteiger partial charge in [-0.2, -0.15) is 25.2 Å². The van der Waals surface area contributed by atoms with Gasteiger partial charge in [0, 0.05) is 0 Å². The fraction of sp³-hybridized carbons (Fsp3) is 0.0526. The van der Waals surface area contributed by atoms with E-state index in [9.17, 15) is 25.2 Å². The highest BCUT2D eigenvalue weighted by atomic mass is 31.2. The highest BCUT2D eigenvalue weighted by Crippen LogP contribution is 2.40. The van der Waals surface area contributed by atoms with E-state index in [2.05, 4.69) is 437 Å². The van der Waals surface area contributed by atoms with Gasteiger partial charge in [-0.25, -0.2) is 0 Å². The Hall–Kier alpha value is -11.9. The van der Waals surface area contributed by atoms with Gasteiger partial charge in [-0.05, 0) is 216 Å². The Morgan fingerprint density at radius 3 is 0.253 bits per heavy atom. The molecular formula is C114H114F6O18P12. The largest absolute Gasteiger partial charge is 0.497 e. The molecule has 0 saturated heterocycles. The molecule has 18 rings (SSSR count). The molecule has 0 fully saturated rings. The van der Waals surface area contributed by atoms with E-state index in [4.69, 9.17) is 85.2 Å². The Morgan fingerprint density at radius 2 is 0.193 bits per heavy atom. The predicted octanol–water partition coefficient (Wildman–Crippen LogP) is 22.7. The number of halogens is 6. The number of methoxy groups -OCH3 is 6. The Bertz CT molecular complexity index is 5500. The van der Waals surface area contributed by atoms with Gasteiger partial charge in [0.15, 0.2) is 0 Å². The molecule has 6 atom stereocenters. The second-order valence-corrected chi connectivity index (χ2v) is 46.1. The quantitative estimate of drug-likeness (QED) is 0.0242. The molecule has 150 heavy (non-hydrogen) atoms. The minimum absolute atomic E-state index is 0.519. The molecule has 6 unspecified atom stereocenters. The Labute approximate surface area is 884 Å². The monoisotopic (exact) mass is 2260 g/mol. The summed E-state index contributed by atoms with van der Waals surface area (Å²) in [5, 5.41) is 24.4. The van der Waals surface area contributed by atoms with Crippen LogP contribution in [0.1, 0.15) is 0 Å². The zero-order valence-electron chi connectivity index (χ0n) is 82.0. The highest BCUT2D eigenvalue weighted by Gasteiger charge is 2.23. The van der Waals surface area contributed by atoms with Crippen LogP contribution in [0, 0.1) is 0 Å². The van der Waals surface area contributed by atoms with Gasteiger partial charge in [-0.3, -0.25) is 27.4 Å². The first-order valence-corrected chi connectivity index (χ1v) is 60.7. The van der Waals surface area contributed by atoms with E-state index in [1.807, 2.05) is 72.8 Å². The fourth-order valence-corrected chi connectivity index (χ4v) is 27.7. The van der Waals surface area contributed by atoms with Crippen molar-refractivity contribution in [2.24, 2.45) is 0 Å². The second kappa shape index (κ2) is 73.3. The van der Waals surface area contributed by atoms with Crippen molar-refractivity contribution in [3.05, 3.63) is 510 Å². The summed E-state index contributed by atoms with van der Waals surface area (Å²) in [6.45, 7) is 0. The van der Waals surface area contributed by atoms with E-state index < -0.39 is 97.6 Å².